The van der Waals surface area contributed by atoms with Crippen LogP contribution in [0, 0.1) is 5.82 Å². The molecule has 0 saturated heterocycles. The Morgan fingerprint density at radius 3 is 2.45 bits per heavy atom. The van der Waals surface area contributed by atoms with Crippen LogP contribution in [0.15, 0.2) is 60.9 Å². The number of hydrogen-bond acceptors (Lipinski definition) is 3. The number of benzene rings is 1. The van der Waals surface area contributed by atoms with E-state index in [1.807, 2.05) is 47.8 Å². The lowest BCUT2D eigenvalue weighted by Gasteiger charge is -2.27. The molecule has 4 heterocycles. The molecule has 0 radical (unpaired) electrons. The summed E-state index contributed by atoms with van der Waals surface area (Å²) in [7, 11) is 3.78. The summed E-state index contributed by atoms with van der Waals surface area (Å²) in [6.45, 7) is 0. The molecule has 0 unspecified atom stereocenters. The van der Waals surface area contributed by atoms with Crippen molar-refractivity contribution in [2.45, 2.75) is 18.4 Å². The SMILES string of the molecule is CN1C(=O)c2ccc(-c3ccnn3C)n2-c2cc(-c3ccc(F)cn3)ccc2C12CC2. The molecule has 1 fully saturated rings. The first kappa shape index (κ1) is 18.1. The molecular formula is C24H20FN5O. The number of nitrogens with zero attached hydrogens (tertiary/aromatic N) is 5. The maximum Gasteiger partial charge on any atom is 0.271 e. The third-order valence-electron chi connectivity index (χ3n) is 6.62. The number of pyridine rings is 1. The van der Waals surface area contributed by atoms with E-state index in [-0.39, 0.29) is 17.3 Å². The lowest BCUT2D eigenvalue weighted by Crippen LogP contribution is -2.36. The average molecular weight is 413 g/mol. The van der Waals surface area contributed by atoms with Gasteiger partial charge in [0.2, 0.25) is 0 Å². The quantitative estimate of drug-likeness (QED) is 0.496. The van der Waals surface area contributed by atoms with Crippen molar-refractivity contribution in [1.29, 1.82) is 0 Å². The van der Waals surface area contributed by atoms with E-state index in [0.717, 1.165) is 41.0 Å². The predicted molar refractivity (Wildman–Crippen MR) is 114 cm³/mol. The second kappa shape index (κ2) is 6.14. The topological polar surface area (TPSA) is 56.0 Å². The van der Waals surface area contributed by atoms with Crippen LogP contribution in [0.1, 0.15) is 28.9 Å². The Kier molecular flexibility index (Phi) is 3.57. The van der Waals surface area contributed by atoms with Crippen LogP contribution in [0.25, 0.3) is 28.3 Å². The average Bonchev–Trinajstić information content (AvgIpc) is 3.31. The summed E-state index contributed by atoms with van der Waals surface area (Å²) >= 11 is 0. The summed E-state index contributed by atoms with van der Waals surface area (Å²) in [5, 5.41) is 4.31. The van der Waals surface area contributed by atoms with Crippen LogP contribution in [-0.4, -0.2) is 37.2 Å². The van der Waals surface area contributed by atoms with Gasteiger partial charge in [-0.05, 0) is 49.2 Å². The van der Waals surface area contributed by atoms with Gasteiger partial charge in [0.1, 0.15) is 11.5 Å². The van der Waals surface area contributed by atoms with Gasteiger partial charge >= 0.3 is 0 Å². The molecule has 1 aliphatic carbocycles. The van der Waals surface area contributed by atoms with E-state index in [2.05, 4.69) is 22.2 Å². The molecule has 1 spiro atoms. The van der Waals surface area contributed by atoms with Gasteiger partial charge in [0.05, 0.1) is 34.5 Å². The van der Waals surface area contributed by atoms with Crippen molar-refractivity contribution in [1.82, 2.24) is 24.2 Å². The Morgan fingerprint density at radius 1 is 0.968 bits per heavy atom. The minimum atomic E-state index is -0.367. The summed E-state index contributed by atoms with van der Waals surface area (Å²) in [5.41, 5.74) is 5.79. The van der Waals surface area contributed by atoms with Crippen molar-refractivity contribution in [3.8, 4) is 28.3 Å². The number of amides is 1. The van der Waals surface area contributed by atoms with Crippen molar-refractivity contribution in [2.75, 3.05) is 7.05 Å². The van der Waals surface area contributed by atoms with Crippen LogP contribution in [0.3, 0.4) is 0 Å². The number of carbonyl (C=O) groups is 1. The van der Waals surface area contributed by atoms with E-state index in [1.54, 1.807) is 16.9 Å². The fourth-order valence-corrected chi connectivity index (χ4v) is 4.77. The minimum Gasteiger partial charge on any atom is -0.331 e. The fraction of sp³-hybridized carbons (Fsp3) is 0.208. The van der Waals surface area contributed by atoms with Gasteiger partial charge in [-0.25, -0.2) is 4.39 Å². The monoisotopic (exact) mass is 413 g/mol. The predicted octanol–water partition coefficient (Wildman–Crippen LogP) is 4.15. The van der Waals surface area contributed by atoms with Gasteiger partial charge in [-0.1, -0.05) is 12.1 Å². The van der Waals surface area contributed by atoms with E-state index >= 15 is 0 Å². The van der Waals surface area contributed by atoms with Gasteiger partial charge in [0.15, 0.2) is 0 Å². The van der Waals surface area contributed by atoms with Crippen LogP contribution < -0.4 is 0 Å². The zero-order chi connectivity index (χ0) is 21.3. The van der Waals surface area contributed by atoms with Crippen molar-refractivity contribution in [3.05, 3.63) is 78.0 Å². The number of rotatable bonds is 2. The largest absolute Gasteiger partial charge is 0.331 e. The van der Waals surface area contributed by atoms with Crippen molar-refractivity contribution in [3.63, 3.8) is 0 Å². The molecule has 6 rings (SSSR count). The number of fused-ring (bicyclic) bond motifs is 4. The zero-order valence-corrected chi connectivity index (χ0v) is 17.2. The van der Waals surface area contributed by atoms with E-state index in [4.69, 9.17) is 0 Å². The third kappa shape index (κ3) is 2.46. The van der Waals surface area contributed by atoms with Crippen LogP contribution >= 0.6 is 0 Å². The first-order chi connectivity index (χ1) is 15.0. The van der Waals surface area contributed by atoms with Gasteiger partial charge in [-0.15, -0.1) is 0 Å². The van der Waals surface area contributed by atoms with Crippen LogP contribution in [-0.2, 0) is 12.6 Å². The molecule has 1 aromatic carbocycles. The normalized spacial score (nSPS) is 16.2. The smallest absolute Gasteiger partial charge is 0.271 e. The number of aryl methyl sites for hydroxylation is 1. The summed E-state index contributed by atoms with van der Waals surface area (Å²) in [4.78, 5) is 19.6. The highest BCUT2D eigenvalue weighted by atomic mass is 19.1. The molecule has 1 saturated carbocycles. The highest BCUT2D eigenvalue weighted by Gasteiger charge is 2.53. The molecule has 2 aliphatic rings. The fourth-order valence-electron chi connectivity index (χ4n) is 4.77. The summed E-state index contributed by atoms with van der Waals surface area (Å²) in [6.07, 6.45) is 4.84. The standard InChI is InChI=1S/C24H20FN5O/c1-28-23(31)21-8-7-20(19-9-12-27-29(19)2)30(21)22-13-15(18-6-4-16(25)14-26-18)3-5-17(22)24(28)10-11-24/h3-9,12-14H,10-11H2,1-2H3. The van der Waals surface area contributed by atoms with Crippen LogP contribution in [0.2, 0.25) is 0 Å². The van der Waals surface area contributed by atoms with E-state index < -0.39 is 0 Å². The molecule has 6 nitrogen and oxygen atoms in total. The molecule has 4 aromatic rings. The Labute approximate surface area is 178 Å². The zero-order valence-electron chi connectivity index (χ0n) is 17.2. The summed E-state index contributed by atoms with van der Waals surface area (Å²) in [5.74, 6) is -0.363. The Morgan fingerprint density at radius 2 is 1.77 bits per heavy atom. The second-order valence-electron chi connectivity index (χ2n) is 8.27. The molecule has 0 N–H and O–H groups in total. The maximum atomic E-state index is 13.4. The van der Waals surface area contributed by atoms with Crippen LogP contribution in [0.4, 0.5) is 4.39 Å². The number of hydrogen-bond donors (Lipinski definition) is 0. The molecule has 0 bridgehead atoms. The maximum absolute atomic E-state index is 13.4. The van der Waals surface area contributed by atoms with E-state index in [1.165, 1.54) is 12.3 Å². The van der Waals surface area contributed by atoms with Crippen LogP contribution in [0.5, 0.6) is 0 Å². The molecule has 3 aromatic heterocycles. The molecule has 31 heavy (non-hydrogen) atoms. The van der Waals surface area contributed by atoms with Gasteiger partial charge in [-0.2, -0.15) is 5.10 Å². The first-order valence-corrected chi connectivity index (χ1v) is 10.2. The summed E-state index contributed by atoms with van der Waals surface area (Å²) < 4.78 is 17.2. The van der Waals surface area contributed by atoms with E-state index in [9.17, 15) is 9.18 Å². The third-order valence-corrected chi connectivity index (χ3v) is 6.62. The number of carbonyl (C=O) groups excluding carboxylic acids is 1. The molecular weight excluding hydrogens is 393 g/mol. The van der Waals surface area contributed by atoms with Crippen molar-refractivity contribution >= 4 is 5.91 Å². The molecule has 1 amide bonds. The van der Waals surface area contributed by atoms with Gasteiger partial charge < -0.3 is 9.47 Å². The lowest BCUT2D eigenvalue weighted by molar-refractivity contribution is 0.0705. The Hall–Kier alpha value is -3.74. The minimum absolute atomic E-state index is 0.00331. The van der Waals surface area contributed by atoms with E-state index in [0.29, 0.717) is 11.4 Å². The Bertz CT molecular complexity index is 1350. The molecule has 154 valence electrons. The second-order valence-corrected chi connectivity index (χ2v) is 8.27. The van der Waals surface area contributed by atoms with Gasteiger partial charge in [0.25, 0.3) is 5.91 Å². The van der Waals surface area contributed by atoms with Gasteiger partial charge in [-0.3, -0.25) is 14.5 Å². The highest BCUT2D eigenvalue weighted by Crippen LogP contribution is 2.55. The van der Waals surface area contributed by atoms with Gasteiger partial charge in [0, 0.05) is 31.4 Å². The molecule has 0 atom stereocenters. The Balaban J connectivity index is 1.65. The number of aromatic nitrogens is 4. The first-order valence-electron chi connectivity index (χ1n) is 10.2. The number of halogens is 1. The highest BCUT2D eigenvalue weighted by molar-refractivity contribution is 5.97. The van der Waals surface area contributed by atoms with Crippen molar-refractivity contribution in [2.24, 2.45) is 7.05 Å². The summed E-state index contributed by atoms with van der Waals surface area (Å²) in [6, 6.07) is 15.0. The molecule has 1 aliphatic heterocycles. The lowest BCUT2D eigenvalue weighted by atomic mass is 9.98. The molecule has 7 heteroatoms. The van der Waals surface area contributed by atoms with Crippen molar-refractivity contribution < 1.29 is 9.18 Å².